The second kappa shape index (κ2) is 11.2. The minimum absolute atomic E-state index is 0.0649. The quantitative estimate of drug-likeness (QED) is 0.284. The molecule has 1 aromatic heterocycles. The van der Waals surface area contributed by atoms with Crippen LogP contribution in [0.25, 0.3) is 10.9 Å². The van der Waals surface area contributed by atoms with E-state index in [1.54, 1.807) is 20.8 Å². The third kappa shape index (κ3) is 7.78. The van der Waals surface area contributed by atoms with Crippen LogP contribution < -0.4 is 10.6 Å². The Morgan fingerprint density at radius 3 is 2.42 bits per heavy atom. The monoisotopic (exact) mass is 461 g/mol. The van der Waals surface area contributed by atoms with Gasteiger partial charge in [0.05, 0.1) is 12.6 Å². The summed E-state index contributed by atoms with van der Waals surface area (Å²) in [7, 11) is 1.50. The van der Waals surface area contributed by atoms with Crippen molar-refractivity contribution >= 4 is 28.9 Å². The third-order valence-electron chi connectivity index (χ3n) is 4.97. The number of amides is 2. The average Bonchev–Trinajstić information content (AvgIpc) is 3.13. The van der Waals surface area contributed by atoms with Gasteiger partial charge in [-0.2, -0.15) is 0 Å². The first-order valence-corrected chi connectivity index (χ1v) is 10.9. The van der Waals surface area contributed by atoms with Gasteiger partial charge in [0.15, 0.2) is 0 Å². The van der Waals surface area contributed by atoms with Crippen LogP contribution in [0.15, 0.2) is 30.5 Å². The Kier molecular flexibility index (Phi) is 8.87. The maximum Gasteiger partial charge on any atom is 0.407 e. The molecular formula is C24H35N3O6. The molecule has 1 aromatic carbocycles. The van der Waals surface area contributed by atoms with E-state index in [0.717, 1.165) is 16.5 Å². The summed E-state index contributed by atoms with van der Waals surface area (Å²) >= 11 is 0. The Bertz CT molecular complexity index is 961. The fourth-order valence-corrected chi connectivity index (χ4v) is 3.14. The van der Waals surface area contributed by atoms with Crippen molar-refractivity contribution < 1.29 is 28.6 Å². The van der Waals surface area contributed by atoms with Crippen LogP contribution in [-0.2, 0) is 30.2 Å². The van der Waals surface area contributed by atoms with Crippen molar-refractivity contribution in [3.63, 3.8) is 0 Å². The van der Waals surface area contributed by atoms with Crippen molar-refractivity contribution in [2.24, 2.45) is 5.41 Å². The predicted molar refractivity (Wildman–Crippen MR) is 125 cm³/mol. The van der Waals surface area contributed by atoms with Crippen molar-refractivity contribution in [3.8, 4) is 0 Å². The number of ether oxygens (including phenoxy) is 3. The Morgan fingerprint density at radius 2 is 1.76 bits per heavy atom. The van der Waals surface area contributed by atoms with Gasteiger partial charge in [-0.1, -0.05) is 18.2 Å². The zero-order chi connectivity index (χ0) is 24.6. The van der Waals surface area contributed by atoms with E-state index in [9.17, 15) is 14.4 Å². The van der Waals surface area contributed by atoms with Gasteiger partial charge in [0, 0.05) is 30.8 Å². The zero-order valence-electron chi connectivity index (χ0n) is 20.2. The summed E-state index contributed by atoms with van der Waals surface area (Å²) in [5, 5.41) is 6.63. The van der Waals surface area contributed by atoms with E-state index in [4.69, 9.17) is 14.2 Å². The topological polar surface area (TPSA) is 119 Å². The zero-order valence-corrected chi connectivity index (χ0v) is 20.2. The van der Waals surface area contributed by atoms with Crippen molar-refractivity contribution in [2.75, 3.05) is 26.9 Å². The van der Waals surface area contributed by atoms with Crippen LogP contribution in [0.2, 0.25) is 0 Å². The maximum absolute atomic E-state index is 12.8. The molecule has 0 aliphatic heterocycles. The van der Waals surface area contributed by atoms with Gasteiger partial charge in [-0.3, -0.25) is 9.59 Å². The summed E-state index contributed by atoms with van der Waals surface area (Å²) in [5.74, 6) is -1.15. The number of esters is 1. The summed E-state index contributed by atoms with van der Waals surface area (Å²) in [6.07, 6.45) is 1.75. The van der Waals surface area contributed by atoms with E-state index in [-0.39, 0.29) is 19.8 Å². The number of fused-ring (bicyclic) bond motifs is 1. The van der Waals surface area contributed by atoms with Gasteiger partial charge in [-0.15, -0.1) is 0 Å². The van der Waals surface area contributed by atoms with E-state index in [2.05, 4.69) is 15.6 Å². The minimum Gasteiger partial charge on any atom is -0.462 e. The Morgan fingerprint density at radius 1 is 1.06 bits per heavy atom. The number of para-hydroxylation sites is 1. The third-order valence-corrected chi connectivity index (χ3v) is 4.97. The first-order chi connectivity index (χ1) is 15.4. The number of hydrogen-bond acceptors (Lipinski definition) is 6. The van der Waals surface area contributed by atoms with E-state index >= 15 is 0 Å². The van der Waals surface area contributed by atoms with Crippen molar-refractivity contribution in [1.29, 1.82) is 0 Å². The van der Waals surface area contributed by atoms with Gasteiger partial charge in [0.2, 0.25) is 5.91 Å². The van der Waals surface area contributed by atoms with Crippen LogP contribution in [0.3, 0.4) is 0 Å². The molecule has 0 bridgehead atoms. The number of carbonyl (C=O) groups excluding carboxylic acids is 3. The number of aromatic amines is 1. The molecule has 2 aromatic rings. The molecule has 182 valence electrons. The van der Waals surface area contributed by atoms with Gasteiger partial charge in [0.1, 0.15) is 17.6 Å². The highest BCUT2D eigenvalue weighted by atomic mass is 16.6. The molecule has 1 heterocycles. The van der Waals surface area contributed by atoms with Gasteiger partial charge >= 0.3 is 12.1 Å². The van der Waals surface area contributed by atoms with E-state index in [0.29, 0.717) is 6.42 Å². The molecule has 0 saturated heterocycles. The van der Waals surface area contributed by atoms with Crippen molar-refractivity contribution in [3.05, 3.63) is 36.0 Å². The Balaban J connectivity index is 2.10. The van der Waals surface area contributed by atoms with E-state index < -0.39 is 35.0 Å². The molecule has 9 nitrogen and oxygen atoms in total. The molecule has 9 heteroatoms. The normalized spacial score (nSPS) is 12.8. The molecule has 0 fully saturated rings. The van der Waals surface area contributed by atoms with Crippen LogP contribution in [0.4, 0.5) is 4.79 Å². The second-order valence-corrected chi connectivity index (χ2v) is 9.37. The van der Waals surface area contributed by atoms with E-state index in [1.165, 1.54) is 21.0 Å². The van der Waals surface area contributed by atoms with Gasteiger partial charge in [-0.05, 0) is 52.7 Å². The highest BCUT2D eigenvalue weighted by Crippen LogP contribution is 2.20. The SMILES string of the molecule is COCCOC(=O)C(C)(C)C(=O)NCC(Cc1c[nH]c2ccccc12)NC(=O)OC(C)(C)C. The lowest BCUT2D eigenvalue weighted by atomic mass is 9.92. The maximum atomic E-state index is 12.8. The number of alkyl carbamates (subject to hydrolysis) is 1. The molecule has 33 heavy (non-hydrogen) atoms. The molecule has 1 unspecified atom stereocenters. The molecule has 3 N–H and O–H groups in total. The molecule has 2 amide bonds. The van der Waals surface area contributed by atoms with Gasteiger partial charge in [-0.25, -0.2) is 4.79 Å². The van der Waals surface area contributed by atoms with Crippen molar-refractivity contribution in [2.45, 2.75) is 52.7 Å². The summed E-state index contributed by atoms with van der Waals surface area (Å²) in [6.45, 7) is 8.74. The number of nitrogens with one attached hydrogen (secondary N) is 3. The van der Waals surface area contributed by atoms with Crippen LogP contribution in [-0.4, -0.2) is 61.5 Å². The second-order valence-electron chi connectivity index (χ2n) is 9.37. The highest BCUT2D eigenvalue weighted by Gasteiger charge is 2.38. The van der Waals surface area contributed by atoms with Crippen LogP contribution >= 0.6 is 0 Å². The van der Waals surface area contributed by atoms with Crippen molar-refractivity contribution in [1.82, 2.24) is 15.6 Å². The van der Waals surface area contributed by atoms with Gasteiger partial charge in [0.25, 0.3) is 0 Å². The first kappa shape index (κ1) is 26.2. The molecule has 0 radical (unpaired) electrons. The van der Waals surface area contributed by atoms with Crippen LogP contribution in [0.5, 0.6) is 0 Å². The number of carbonyl (C=O) groups is 3. The summed E-state index contributed by atoms with van der Waals surface area (Å²) < 4.78 is 15.4. The number of H-pyrrole nitrogens is 1. The van der Waals surface area contributed by atoms with Crippen LogP contribution in [0, 0.1) is 5.41 Å². The molecule has 2 rings (SSSR count). The molecular weight excluding hydrogens is 426 g/mol. The number of hydrogen-bond donors (Lipinski definition) is 3. The lowest BCUT2D eigenvalue weighted by molar-refractivity contribution is -0.160. The lowest BCUT2D eigenvalue weighted by Gasteiger charge is -2.26. The summed E-state index contributed by atoms with van der Waals surface area (Å²) in [5.41, 5.74) is -0.0935. The number of rotatable bonds is 10. The lowest BCUT2D eigenvalue weighted by Crippen LogP contribution is -2.50. The number of aromatic nitrogens is 1. The molecule has 0 spiro atoms. The molecule has 0 aliphatic carbocycles. The van der Waals surface area contributed by atoms with E-state index in [1.807, 2.05) is 30.5 Å². The van der Waals surface area contributed by atoms with Gasteiger partial charge < -0.3 is 29.8 Å². The molecule has 0 saturated carbocycles. The molecule has 0 aliphatic rings. The Hall–Kier alpha value is -3.07. The summed E-state index contributed by atoms with van der Waals surface area (Å²) in [6, 6.07) is 7.36. The highest BCUT2D eigenvalue weighted by molar-refractivity contribution is 6.01. The molecule has 1 atom stereocenters. The summed E-state index contributed by atoms with van der Waals surface area (Å²) in [4.78, 5) is 40.7. The fourth-order valence-electron chi connectivity index (χ4n) is 3.14. The number of benzene rings is 1. The smallest absolute Gasteiger partial charge is 0.407 e. The Labute approximate surface area is 194 Å². The fraction of sp³-hybridized carbons (Fsp3) is 0.542. The number of methoxy groups -OCH3 is 1. The van der Waals surface area contributed by atoms with Crippen LogP contribution in [0.1, 0.15) is 40.2 Å². The minimum atomic E-state index is -1.40. The predicted octanol–water partition coefficient (Wildman–Crippen LogP) is 2.94. The standard InChI is InChI=1S/C24H35N3O6/c1-23(2,3)33-22(30)27-17(13-16-14-25-19-10-8-7-9-18(16)19)15-26-20(28)24(4,5)21(29)32-12-11-31-6/h7-10,14,17,25H,11-13,15H2,1-6H3,(H,26,28)(H,27,30). The average molecular weight is 462 g/mol. The largest absolute Gasteiger partial charge is 0.462 e. The first-order valence-electron chi connectivity index (χ1n) is 10.9.